The Hall–Kier alpha value is -1.35. The summed E-state index contributed by atoms with van der Waals surface area (Å²) in [5.41, 5.74) is 4.23. The highest BCUT2D eigenvalue weighted by atomic mass is 79.9. The largest absolute Gasteiger partial charge is 0.496 e. The molecule has 0 spiro atoms. The topological polar surface area (TPSA) is 9.23 Å². The number of aryl methyl sites for hydroxylation is 2. The Balaban J connectivity index is 2.33. The Morgan fingerprint density at radius 1 is 1.20 bits per heavy atom. The van der Waals surface area contributed by atoms with E-state index < -0.39 is 0 Å². The molecule has 2 aromatic carbocycles. The molecule has 20 heavy (non-hydrogen) atoms. The number of hydrogen-bond donors (Lipinski definition) is 0. The van der Waals surface area contributed by atoms with Crippen molar-refractivity contribution in [2.75, 3.05) is 7.11 Å². The Bertz CT molecular complexity index is 610. The zero-order valence-corrected chi connectivity index (χ0v) is 13.5. The van der Waals surface area contributed by atoms with Crippen molar-refractivity contribution in [1.82, 2.24) is 0 Å². The monoisotopic (exact) mass is 336 g/mol. The summed E-state index contributed by atoms with van der Waals surface area (Å²) in [5.74, 6) is 0.341. The summed E-state index contributed by atoms with van der Waals surface area (Å²) in [5, 5.41) is 0. The number of alkyl halides is 1. The van der Waals surface area contributed by atoms with Crippen LogP contribution in [-0.2, 0) is 6.42 Å². The Kier molecular flexibility index (Phi) is 4.81. The Labute approximate surface area is 127 Å². The van der Waals surface area contributed by atoms with Crippen molar-refractivity contribution in [3.05, 3.63) is 64.5 Å². The second-order valence-corrected chi connectivity index (χ2v) is 6.06. The zero-order chi connectivity index (χ0) is 14.7. The van der Waals surface area contributed by atoms with Crippen molar-refractivity contribution in [3.8, 4) is 5.75 Å². The molecule has 3 heteroatoms. The Morgan fingerprint density at radius 2 is 1.95 bits per heavy atom. The lowest BCUT2D eigenvalue weighted by Crippen LogP contribution is -2.03. The van der Waals surface area contributed by atoms with Gasteiger partial charge >= 0.3 is 0 Å². The number of benzene rings is 2. The fourth-order valence-corrected chi connectivity index (χ4v) is 3.11. The molecule has 106 valence electrons. The van der Waals surface area contributed by atoms with Crippen LogP contribution in [0.2, 0.25) is 0 Å². The van der Waals surface area contributed by atoms with Gasteiger partial charge in [-0.2, -0.15) is 0 Å². The fraction of sp³-hybridized carbons (Fsp3) is 0.294. The number of rotatable bonds is 4. The molecule has 0 N–H and O–H groups in total. The first-order valence-electron chi connectivity index (χ1n) is 6.55. The number of hydrogen-bond acceptors (Lipinski definition) is 1. The summed E-state index contributed by atoms with van der Waals surface area (Å²) in [6.45, 7) is 4.14. The highest BCUT2D eigenvalue weighted by Crippen LogP contribution is 2.36. The van der Waals surface area contributed by atoms with Crippen LogP contribution in [-0.4, -0.2) is 7.11 Å². The predicted octanol–water partition coefficient (Wildman–Crippen LogP) is 5.13. The summed E-state index contributed by atoms with van der Waals surface area (Å²) in [7, 11) is 1.57. The molecule has 0 aliphatic heterocycles. The molecular formula is C17H18BrFO. The van der Waals surface area contributed by atoms with Gasteiger partial charge in [-0.25, -0.2) is 4.39 Å². The molecule has 0 aliphatic rings. The second kappa shape index (κ2) is 6.40. The van der Waals surface area contributed by atoms with E-state index in [9.17, 15) is 4.39 Å². The number of ether oxygens (including phenoxy) is 1. The minimum atomic E-state index is -0.239. The van der Waals surface area contributed by atoms with Crippen molar-refractivity contribution in [2.24, 2.45) is 0 Å². The lowest BCUT2D eigenvalue weighted by molar-refractivity contribution is 0.404. The van der Waals surface area contributed by atoms with Gasteiger partial charge in [0, 0.05) is 5.56 Å². The summed E-state index contributed by atoms with van der Waals surface area (Å²) >= 11 is 3.60. The third kappa shape index (κ3) is 3.21. The second-order valence-electron chi connectivity index (χ2n) is 4.96. The van der Waals surface area contributed by atoms with Gasteiger partial charge in [-0.05, 0) is 43.5 Å². The molecule has 0 saturated heterocycles. The van der Waals surface area contributed by atoms with Crippen molar-refractivity contribution in [1.29, 1.82) is 0 Å². The minimum absolute atomic E-state index is 0.112. The highest BCUT2D eigenvalue weighted by Gasteiger charge is 2.19. The first-order chi connectivity index (χ1) is 9.52. The van der Waals surface area contributed by atoms with Gasteiger partial charge in [-0.15, -0.1) is 0 Å². The molecule has 0 saturated carbocycles. The van der Waals surface area contributed by atoms with E-state index in [1.807, 2.05) is 0 Å². The van der Waals surface area contributed by atoms with E-state index >= 15 is 0 Å². The fourth-order valence-electron chi connectivity index (χ4n) is 2.31. The van der Waals surface area contributed by atoms with E-state index in [1.54, 1.807) is 19.2 Å². The van der Waals surface area contributed by atoms with Crippen LogP contribution in [0, 0.1) is 19.7 Å². The maximum atomic E-state index is 14.1. The first-order valence-corrected chi connectivity index (χ1v) is 7.47. The molecule has 0 aliphatic carbocycles. The first kappa shape index (κ1) is 15.0. The van der Waals surface area contributed by atoms with Crippen LogP contribution in [0.25, 0.3) is 0 Å². The van der Waals surface area contributed by atoms with Crippen LogP contribution in [0.3, 0.4) is 0 Å². The third-order valence-corrected chi connectivity index (χ3v) is 4.23. The molecule has 0 amide bonds. The average Bonchev–Trinajstić information content (AvgIpc) is 2.42. The molecule has 1 nitrogen and oxygen atoms in total. The Morgan fingerprint density at radius 3 is 2.65 bits per heavy atom. The van der Waals surface area contributed by atoms with Crippen LogP contribution >= 0.6 is 15.9 Å². The maximum Gasteiger partial charge on any atom is 0.131 e. The standard InChI is InChI=1S/C17H18BrFO/c1-11-7-8-12(2)13(9-11)10-14(18)17-15(19)5-4-6-16(17)20-3/h4-9,14H,10H2,1-3H3. The molecule has 1 atom stereocenters. The van der Waals surface area contributed by atoms with Gasteiger partial charge in [0.05, 0.1) is 11.9 Å². The SMILES string of the molecule is COc1cccc(F)c1C(Br)Cc1cc(C)ccc1C. The molecule has 0 aromatic heterocycles. The normalized spacial score (nSPS) is 12.2. The van der Waals surface area contributed by atoms with Gasteiger partial charge in [-0.3, -0.25) is 0 Å². The van der Waals surface area contributed by atoms with Crippen molar-refractivity contribution in [3.63, 3.8) is 0 Å². The van der Waals surface area contributed by atoms with Crippen LogP contribution in [0.5, 0.6) is 5.75 Å². The van der Waals surface area contributed by atoms with Gasteiger partial charge in [0.25, 0.3) is 0 Å². The molecule has 0 radical (unpaired) electrons. The van der Waals surface area contributed by atoms with E-state index in [4.69, 9.17) is 4.74 Å². The van der Waals surface area contributed by atoms with Gasteiger partial charge in [0.15, 0.2) is 0 Å². The molecule has 0 heterocycles. The average molecular weight is 337 g/mol. The molecule has 2 aromatic rings. The van der Waals surface area contributed by atoms with Gasteiger partial charge in [0.1, 0.15) is 11.6 Å². The maximum absolute atomic E-state index is 14.1. The molecule has 0 bridgehead atoms. The molecule has 1 unspecified atom stereocenters. The summed E-state index contributed by atoms with van der Waals surface area (Å²) < 4.78 is 19.3. The molecular weight excluding hydrogens is 319 g/mol. The highest BCUT2D eigenvalue weighted by molar-refractivity contribution is 9.09. The smallest absolute Gasteiger partial charge is 0.131 e. The van der Waals surface area contributed by atoms with Gasteiger partial charge in [-0.1, -0.05) is 45.8 Å². The van der Waals surface area contributed by atoms with E-state index in [-0.39, 0.29) is 10.6 Å². The van der Waals surface area contributed by atoms with Crippen molar-refractivity contribution < 1.29 is 9.13 Å². The van der Waals surface area contributed by atoms with Gasteiger partial charge in [0.2, 0.25) is 0 Å². The van der Waals surface area contributed by atoms with Gasteiger partial charge < -0.3 is 4.74 Å². The lowest BCUT2D eigenvalue weighted by atomic mass is 9.98. The van der Waals surface area contributed by atoms with E-state index in [2.05, 4.69) is 48.0 Å². The minimum Gasteiger partial charge on any atom is -0.496 e. The molecule has 2 rings (SSSR count). The quantitative estimate of drug-likeness (QED) is 0.703. The van der Waals surface area contributed by atoms with Crippen molar-refractivity contribution >= 4 is 15.9 Å². The number of halogens is 2. The lowest BCUT2D eigenvalue weighted by Gasteiger charge is -2.16. The zero-order valence-electron chi connectivity index (χ0n) is 11.9. The van der Waals surface area contributed by atoms with E-state index in [0.717, 1.165) is 6.42 Å². The van der Waals surface area contributed by atoms with Crippen LogP contribution in [0.15, 0.2) is 36.4 Å². The summed E-state index contributed by atoms with van der Waals surface area (Å²) in [6.07, 6.45) is 0.727. The summed E-state index contributed by atoms with van der Waals surface area (Å²) in [4.78, 5) is -0.112. The predicted molar refractivity (Wildman–Crippen MR) is 84.2 cm³/mol. The van der Waals surface area contributed by atoms with Crippen LogP contribution in [0.4, 0.5) is 4.39 Å². The van der Waals surface area contributed by atoms with Crippen molar-refractivity contribution in [2.45, 2.75) is 25.1 Å². The van der Waals surface area contributed by atoms with Crippen LogP contribution < -0.4 is 4.74 Å². The number of methoxy groups -OCH3 is 1. The third-order valence-electron chi connectivity index (χ3n) is 3.45. The van der Waals surface area contributed by atoms with E-state index in [1.165, 1.54) is 22.8 Å². The molecule has 0 fully saturated rings. The van der Waals surface area contributed by atoms with E-state index in [0.29, 0.717) is 11.3 Å². The van der Waals surface area contributed by atoms with Crippen LogP contribution in [0.1, 0.15) is 27.1 Å². The summed E-state index contributed by atoms with van der Waals surface area (Å²) in [6, 6.07) is 11.3.